The van der Waals surface area contributed by atoms with Gasteiger partial charge in [0.2, 0.25) is 0 Å². The van der Waals surface area contributed by atoms with Gasteiger partial charge in [0.1, 0.15) is 18.1 Å². The molecule has 0 saturated carbocycles. The second-order valence-corrected chi connectivity index (χ2v) is 6.05. The van der Waals surface area contributed by atoms with E-state index in [1.807, 2.05) is 12.1 Å². The number of rotatable bonds is 8. The Morgan fingerprint density at radius 1 is 1.17 bits per heavy atom. The summed E-state index contributed by atoms with van der Waals surface area (Å²) in [6, 6.07) is 14.8. The molecule has 0 aliphatic heterocycles. The third kappa shape index (κ3) is 5.26. The number of hydrogen-bond acceptors (Lipinski definition) is 6. The SMILES string of the molecule is COc1ccc(/C=C/C(=O)c2cccnc2)cc1COc1ccc([N+](=O)[O-])cc1. The Labute approximate surface area is 167 Å². The Bertz CT molecular complexity index is 1030. The highest BCUT2D eigenvalue weighted by molar-refractivity contribution is 6.06. The first-order valence-corrected chi connectivity index (χ1v) is 8.73. The summed E-state index contributed by atoms with van der Waals surface area (Å²) in [5.74, 6) is 1.01. The summed E-state index contributed by atoms with van der Waals surface area (Å²) in [7, 11) is 1.56. The number of pyridine rings is 1. The second-order valence-electron chi connectivity index (χ2n) is 6.05. The van der Waals surface area contributed by atoms with Crippen LogP contribution in [0.15, 0.2) is 73.1 Å². The summed E-state index contributed by atoms with van der Waals surface area (Å²) in [5.41, 5.74) is 2.10. The van der Waals surface area contributed by atoms with Gasteiger partial charge >= 0.3 is 0 Å². The number of carbonyl (C=O) groups is 1. The van der Waals surface area contributed by atoms with Gasteiger partial charge in [0.25, 0.3) is 5.69 Å². The first-order valence-electron chi connectivity index (χ1n) is 8.73. The molecule has 2 aromatic carbocycles. The van der Waals surface area contributed by atoms with E-state index in [1.54, 1.807) is 49.7 Å². The van der Waals surface area contributed by atoms with E-state index in [4.69, 9.17) is 9.47 Å². The molecule has 29 heavy (non-hydrogen) atoms. The molecule has 3 aromatic rings. The van der Waals surface area contributed by atoms with E-state index >= 15 is 0 Å². The zero-order chi connectivity index (χ0) is 20.6. The normalized spacial score (nSPS) is 10.7. The van der Waals surface area contributed by atoms with Gasteiger partial charge in [-0.1, -0.05) is 12.1 Å². The molecule has 0 aliphatic rings. The van der Waals surface area contributed by atoms with Crippen molar-refractivity contribution in [3.05, 3.63) is 99.9 Å². The first kappa shape index (κ1) is 19.8. The number of benzene rings is 2. The van der Waals surface area contributed by atoms with Gasteiger partial charge < -0.3 is 9.47 Å². The molecule has 0 aliphatic carbocycles. The number of nitro groups is 1. The topological polar surface area (TPSA) is 91.6 Å². The molecular formula is C22H18N2O5. The van der Waals surface area contributed by atoms with Crippen molar-refractivity contribution in [2.75, 3.05) is 7.11 Å². The number of nitro benzene ring substituents is 1. The molecule has 0 unspecified atom stereocenters. The van der Waals surface area contributed by atoms with Crippen LogP contribution in [0.4, 0.5) is 5.69 Å². The van der Waals surface area contributed by atoms with Gasteiger partial charge in [0.15, 0.2) is 5.78 Å². The Morgan fingerprint density at radius 3 is 2.62 bits per heavy atom. The molecule has 146 valence electrons. The Kier molecular flexibility index (Phi) is 6.32. The van der Waals surface area contributed by atoms with Crippen molar-refractivity contribution in [3.8, 4) is 11.5 Å². The fraction of sp³-hybridized carbons (Fsp3) is 0.0909. The monoisotopic (exact) mass is 390 g/mol. The maximum absolute atomic E-state index is 12.2. The van der Waals surface area contributed by atoms with E-state index in [-0.39, 0.29) is 18.1 Å². The average Bonchev–Trinajstić information content (AvgIpc) is 2.77. The number of carbonyl (C=O) groups excluding carboxylic acids is 1. The van der Waals surface area contributed by atoms with Gasteiger partial charge in [0, 0.05) is 35.7 Å². The van der Waals surface area contributed by atoms with Crippen LogP contribution >= 0.6 is 0 Å². The predicted octanol–water partition coefficient (Wildman–Crippen LogP) is 4.47. The highest BCUT2D eigenvalue weighted by atomic mass is 16.6. The molecule has 0 atom stereocenters. The second kappa shape index (κ2) is 9.27. The number of ether oxygens (including phenoxy) is 2. The molecule has 0 spiro atoms. The van der Waals surface area contributed by atoms with Crippen LogP contribution in [-0.4, -0.2) is 22.8 Å². The fourth-order valence-electron chi connectivity index (χ4n) is 2.62. The Balaban J connectivity index is 1.72. The minimum atomic E-state index is -0.463. The smallest absolute Gasteiger partial charge is 0.269 e. The maximum atomic E-state index is 12.2. The van der Waals surface area contributed by atoms with Crippen molar-refractivity contribution >= 4 is 17.5 Å². The van der Waals surface area contributed by atoms with E-state index in [9.17, 15) is 14.9 Å². The number of allylic oxidation sites excluding steroid dienone is 1. The van der Waals surface area contributed by atoms with E-state index in [1.165, 1.54) is 24.4 Å². The highest BCUT2D eigenvalue weighted by Gasteiger charge is 2.08. The van der Waals surface area contributed by atoms with Crippen LogP contribution in [-0.2, 0) is 6.61 Å². The molecule has 0 radical (unpaired) electrons. The van der Waals surface area contributed by atoms with Crippen molar-refractivity contribution in [3.63, 3.8) is 0 Å². The van der Waals surface area contributed by atoms with Gasteiger partial charge in [-0.05, 0) is 48.0 Å². The van der Waals surface area contributed by atoms with Gasteiger partial charge in [0.05, 0.1) is 12.0 Å². The minimum absolute atomic E-state index is 0.000323. The summed E-state index contributed by atoms with van der Waals surface area (Å²) in [4.78, 5) is 26.4. The lowest BCUT2D eigenvalue weighted by molar-refractivity contribution is -0.384. The van der Waals surface area contributed by atoms with Crippen LogP contribution in [0.1, 0.15) is 21.5 Å². The van der Waals surface area contributed by atoms with Crippen LogP contribution < -0.4 is 9.47 Å². The molecule has 0 fully saturated rings. The number of aromatic nitrogens is 1. The lowest BCUT2D eigenvalue weighted by Gasteiger charge is -2.11. The maximum Gasteiger partial charge on any atom is 0.269 e. The number of hydrogen-bond donors (Lipinski definition) is 0. The number of non-ortho nitro benzene ring substituents is 1. The standard InChI is InChI=1S/C22H18N2O5/c1-28-22-11-5-16(4-10-21(25)17-3-2-12-23-14-17)13-18(22)15-29-20-8-6-19(7-9-20)24(26)27/h2-14H,15H2,1H3/b10-4+. The third-order valence-electron chi connectivity index (χ3n) is 4.12. The quantitative estimate of drug-likeness (QED) is 0.244. The molecule has 1 aromatic heterocycles. The molecule has 7 heteroatoms. The lowest BCUT2D eigenvalue weighted by Crippen LogP contribution is -2.00. The van der Waals surface area contributed by atoms with E-state index in [0.29, 0.717) is 17.1 Å². The van der Waals surface area contributed by atoms with Crippen molar-refractivity contribution in [2.24, 2.45) is 0 Å². The third-order valence-corrected chi connectivity index (χ3v) is 4.12. The molecule has 0 amide bonds. The molecule has 0 saturated heterocycles. The summed E-state index contributed by atoms with van der Waals surface area (Å²) in [6.45, 7) is 0.208. The summed E-state index contributed by atoms with van der Waals surface area (Å²) in [5, 5.41) is 10.7. The Morgan fingerprint density at radius 2 is 1.97 bits per heavy atom. The number of ketones is 1. The van der Waals surface area contributed by atoms with E-state index in [0.717, 1.165) is 11.1 Å². The molecular weight excluding hydrogens is 372 g/mol. The zero-order valence-electron chi connectivity index (χ0n) is 15.6. The van der Waals surface area contributed by atoms with Crippen molar-refractivity contribution in [1.29, 1.82) is 0 Å². The van der Waals surface area contributed by atoms with Crippen LogP contribution in [0.2, 0.25) is 0 Å². The van der Waals surface area contributed by atoms with Crippen molar-refractivity contribution < 1.29 is 19.2 Å². The zero-order valence-corrected chi connectivity index (χ0v) is 15.6. The summed E-state index contributed by atoms with van der Waals surface area (Å²) in [6.07, 6.45) is 6.33. The van der Waals surface area contributed by atoms with E-state index < -0.39 is 4.92 Å². The molecule has 0 bridgehead atoms. The first-order chi connectivity index (χ1) is 14.1. The number of nitrogens with zero attached hydrogens (tertiary/aromatic N) is 2. The molecule has 3 rings (SSSR count). The number of methoxy groups -OCH3 is 1. The molecule has 1 heterocycles. The van der Waals surface area contributed by atoms with Gasteiger partial charge in [-0.3, -0.25) is 19.9 Å². The molecule has 7 nitrogen and oxygen atoms in total. The van der Waals surface area contributed by atoms with Crippen LogP contribution in [0.5, 0.6) is 11.5 Å². The van der Waals surface area contributed by atoms with Crippen molar-refractivity contribution in [2.45, 2.75) is 6.61 Å². The van der Waals surface area contributed by atoms with E-state index in [2.05, 4.69) is 4.98 Å². The Hall–Kier alpha value is -4.00. The molecule has 0 N–H and O–H groups in total. The van der Waals surface area contributed by atoms with Gasteiger partial charge in [-0.2, -0.15) is 0 Å². The van der Waals surface area contributed by atoms with Gasteiger partial charge in [-0.15, -0.1) is 0 Å². The van der Waals surface area contributed by atoms with Crippen molar-refractivity contribution in [1.82, 2.24) is 4.98 Å². The minimum Gasteiger partial charge on any atom is -0.496 e. The fourth-order valence-corrected chi connectivity index (χ4v) is 2.62. The van der Waals surface area contributed by atoms with Crippen LogP contribution in [0.3, 0.4) is 0 Å². The van der Waals surface area contributed by atoms with Gasteiger partial charge in [-0.25, -0.2) is 0 Å². The summed E-state index contributed by atoms with van der Waals surface area (Å²) >= 11 is 0. The lowest BCUT2D eigenvalue weighted by atomic mass is 10.1. The van der Waals surface area contributed by atoms with Crippen LogP contribution in [0.25, 0.3) is 6.08 Å². The van der Waals surface area contributed by atoms with Crippen LogP contribution in [0, 0.1) is 10.1 Å². The summed E-state index contributed by atoms with van der Waals surface area (Å²) < 4.78 is 11.1. The average molecular weight is 390 g/mol. The predicted molar refractivity (Wildman–Crippen MR) is 108 cm³/mol. The largest absolute Gasteiger partial charge is 0.496 e. The highest BCUT2D eigenvalue weighted by Crippen LogP contribution is 2.24.